The Hall–Kier alpha value is -2.61. The minimum atomic E-state index is -0.994. The smallest absolute Gasteiger partial charge is 0.325 e. The molecule has 0 spiro atoms. The normalized spacial score (nSPS) is 15.5. The summed E-state index contributed by atoms with van der Waals surface area (Å²) >= 11 is 6.12. The average Bonchev–Trinajstić information content (AvgIpc) is 2.74. The molecular weight excluding hydrogens is 374 g/mol. The van der Waals surface area contributed by atoms with Crippen LogP contribution < -0.4 is 10.6 Å². The summed E-state index contributed by atoms with van der Waals surface area (Å²) in [5.41, 5.74) is 1.22. The Morgan fingerprint density at radius 1 is 1.26 bits per heavy atom. The van der Waals surface area contributed by atoms with Crippen LogP contribution in [-0.2, 0) is 19.1 Å². The molecule has 1 heterocycles. The summed E-state index contributed by atoms with van der Waals surface area (Å²) in [4.78, 5) is 48.5. The van der Waals surface area contributed by atoms with Crippen LogP contribution in [-0.4, -0.2) is 47.4 Å². The molecule has 1 aliphatic rings. The molecule has 1 aromatic carbocycles. The number of hydrogen-bond acceptors (Lipinski definition) is 5. The number of aryl methyl sites for hydroxylation is 2. The number of carbonyl (C=O) groups excluding carboxylic acids is 4. The number of rotatable bonds is 6. The van der Waals surface area contributed by atoms with E-state index in [0.29, 0.717) is 10.7 Å². The van der Waals surface area contributed by atoms with Gasteiger partial charge in [-0.25, -0.2) is 4.79 Å². The van der Waals surface area contributed by atoms with E-state index in [1.807, 2.05) is 13.0 Å². The summed E-state index contributed by atoms with van der Waals surface area (Å²) in [7, 11) is 0. The van der Waals surface area contributed by atoms with Gasteiger partial charge in [-0.3, -0.25) is 19.3 Å². The van der Waals surface area contributed by atoms with Gasteiger partial charge in [0.05, 0.1) is 17.1 Å². The zero-order valence-electron chi connectivity index (χ0n) is 15.6. The lowest BCUT2D eigenvalue weighted by molar-refractivity contribution is -0.147. The lowest BCUT2D eigenvalue weighted by Gasteiger charge is -2.15. The molecule has 9 heteroatoms. The predicted molar refractivity (Wildman–Crippen MR) is 99.5 cm³/mol. The predicted octanol–water partition coefficient (Wildman–Crippen LogP) is 2.16. The molecule has 0 unspecified atom stereocenters. The van der Waals surface area contributed by atoms with Gasteiger partial charge < -0.3 is 15.4 Å². The summed E-state index contributed by atoms with van der Waals surface area (Å²) in [6.07, 6.45) is -0.202. The van der Waals surface area contributed by atoms with Crippen molar-refractivity contribution in [2.75, 3.05) is 18.5 Å². The van der Waals surface area contributed by atoms with Crippen LogP contribution in [0.3, 0.4) is 0 Å². The summed E-state index contributed by atoms with van der Waals surface area (Å²) in [5, 5.41) is 5.52. The molecule has 2 rings (SSSR count). The number of nitrogens with zero attached hydrogens (tertiary/aromatic N) is 1. The minimum absolute atomic E-state index is 0.114. The minimum Gasteiger partial charge on any atom is -0.456 e. The topological polar surface area (TPSA) is 105 Å². The van der Waals surface area contributed by atoms with Gasteiger partial charge in [0.2, 0.25) is 0 Å². The van der Waals surface area contributed by atoms with Gasteiger partial charge in [0.25, 0.3) is 11.8 Å². The second-order valence-corrected chi connectivity index (χ2v) is 7.32. The van der Waals surface area contributed by atoms with Crippen LogP contribution in [0, 0.1) is 13.8 Å². The van der Waals surface area contributed by atoms with E-state index in [4.69, 9.17) is 16.3 Å². The highest BCUT2D eigenvalue weighted by atomic mass is 35.5. The fourth-order valence-electron chi connectivity index (χ4n) is 2.69. The van der Waals surface area contributed by atoms with Crippen LogP contribution in [0.5, 0.6) is 0 Å². The standard InChI is InChI=1S/C18H22ClN3O5/c1-10-7-11(2)15(12(19)8-10)20-13(23)9-27-14(24)5-6-22-16(25)18(3,4)21-17(22)26/h7-8H,5-6,9H2,1-4H3,(H,20,23)(H,21,26). The Morgan fingerprint density at radius 2 is 1.93 bits per heavy atom. The molecule has 0 radical (unpaired) electrons. The summed E-state index contributed by atoms with van der Waals surface area (Å²) in [6.45, 7) is 6.24. The van der Waals surface area contributed by atoms with Crippen molar-refractivity contribution in [2.24, 2.45) is 0 Å². The van der Waals surface area contributed by atoms with Gasteiger partial charge >= 0.3 is 12.0 Å². The van der Waals surface area contributed by atoms with Crippen molar-refractivity contribution >= 4 is 41.1 Å². The quantitative estimate of drug-likeness (QED) is 0.567. The first-order valence-corrected chi connectivity index (χ1v) is 8.75. The molecule has 8 nitrogen and oxygen atoms in total. The van der Waals surface area contributed by atoms with Crippen LogP contribution in [0.1, 0.15) is 31.4 Å². The van der Waals surface area contributed by atoms with Gasteiger partial charge in [0.15, 0.2) is 6.61 Å². The number of anilines is 1. The fourth-order valence-corrected chi connectivity index (χ4v) is 3.06. The van der Waals surface area contributed by atoms with Crippen LogP contribution in [0.15, 0.2) is 12.1 Å². The highest BCUT2D eigenvalue weighted by Crippen LogP contribution is 2.27. The van der Waals surface area contributed by atoms with Crippen molar-refractivity contribution in [3.8, 4) is 0 Å². The van der Waals surface area contributed by atoms with Gasteiger partial charge in [0, 0.05) is 6.54 Å². The lowest BCUT2D eigenvalue weighted by atomic mass is 10.1. The Bertz CT molecular complexity index is 783. The molecule has 0 aromatic heterocycles. The first-order valence-electron chi connectivity index (χ1n) is 8.37. The number of urea groups is 1. The van der Waals surface area contributed by atoms with Crippen molar-refractivity contribution in [1.29, 1.82) is 0 Å². The van der Waals surface area contributed by atoms with Crippen LogP contribution in [0.2, 0.25) is 5.02 Å². The van der Waals surface area contributed by atoms with E-state index in [2.05, 4.69) is 10.6 Å². The van der Waals surface area contributed by atoms with Crippen molar-refractivity contribution in [1.82, 2.24) is 10.2 Å². The maximum atomic E-state index is 12.0. The van der Waals surface area contributed by atoms with Crippen LogP contribution in [0.4, 0.5) is 10.5 Å². The molecule has 0 saturated carbocycles. The Balaban J connectivity index is 1.81. The number of esters is 1. The maximum Gasteiger partial charge on any atom is 0.325 e. The number of carbonyl (C=O) groups is 4. The highest BCUT2D eigenvalue weighted by molar-refractivity contribution is 6.34. The molecule has 4 amide bonds. The van der Waals surface area contributed by atoms with Gasteiger partial charge in [-0.05, 0) is 44.9 Å². The van der Waals surface area contributed by atoms with Gasteiger partial charge in [-0.1, -0.05) is 17.7 Å². The summed E-state index contributed by atoms with van der Waals surface area (Å²) in [5.74, 6) is -1.64. The molecule has 1 aromatic rings. The zero-order valence-corrected chi connectivity index (χ0v) is 16.4. The molecule has 146 valence electrons. The zero-order chi connectivity index (χ0) is 20.4. The van der Waals surface area contributed by atoms with Crippen LogP contribution in [0.25, 0.3) is 0 Å². The van der Waals surface area contributed by atoms with E-state index in [0.717, 1.165) is 16.0 Å². The Kier molecular flexibility index (Phi) is 6.10. The highest BCUT2D eigenvalue weighted by Gasteiger charge is 2.44. The molecule has 1 fully saturated rings. The maximum absolute atomic E-state index is 12.0. The molecule has 0 bridgehead atoms. The summed E-state index contributed by atoms with van der Waals surface area (Å²) in [6, 6.07) is 3.03. The number of halogens is 1. The molecule has 27 heavy (non-hydrogen) atoms. The third-order valence-electron chi connectivity index (χ3n) is 4.04. The van der Waals surface area contributed by atoms with Gasteiger partial charge in [-0.15, -0.1) is 0 Å². The number of nitrogens with one attached hydrogen (secondary N) is 2. The second-order valence-electron chi connectivity index (χ2n) is 6.91. The Morgan fingerprint density at radius 3 is 2.48 bits per heavy atom. The first-order chi connectivity index (χ1) is 12.5. The Labute approximate surface area is 162 Å². The van der Waals surface area contributed by atoms with E-state index in [9.17, 15) is 19.2 Å². The molecule has 2 N–H and O–H groups in total. The number of ether oxygens (including phenoxy) is 1. The third kappa shape index (κ3) is 4.97. The molecule has 0 atom stereocenters. The number of amides is 4. The molecule has 1 saturated heterocycles. The SMILES string of the molecule is Cc1cc(C)c(NC(=O)COC(=O)CCN2C(=O)NC(C)(C)C2=O)c(Cl)c1. The number of hydrogen-bond donors (Lipinski definition) is 2. The number of benzene rings is 1. The summed E-state index contributed by atoms with van der Waals surface area (Å²) < 4.78 is 4.90. The lowest BCUT2D eigenvalue weighted by Crippen LogP contribution is -2.40. The van der Waals surface area contributed by atoms with E-state index in [-0.39, 0.29) is 13.0 Å². The molecule has 1 aliphatic heterocycles. The number of imide groups is 1. The fraction of sp³-hybridized carbons (Fsp3) is 0.444. The van der Waals surface area contributed by atoms with Crippen molar-refractivity contribution in [3.63, 3.8) is 0 Å². The van der Waals surface area contributed by atoms with Crippen molar-refractivity contribution < 1.29 is 23.9 Å². The average molecular weight is 396 g/mol. The monoisotopic (exact) mass is 395 g/mol. The van der Waals surface area contributed by atoms with E-state index < -0.39 is 36.0 Å². The van der Waals surface area contributed by atoms with Crippen molar-refractivity contribution in [2.45, 2.75) is 39.7 Å². The second kappa shape index (κ2) is 7.96. The van der Waals surface area contributed by atoms with Crippen LogP contribution >= 0.6 is 11.6 Å². The van der Waals surface area contributed by atoms with Crippen molar-refractivity contribution in [3.05, 3.63) is 28.3 Å². The van der Waals surface area contributed by atoms with E-state index in [1.165, 1.54) is 0 Å². The van der Waals surface area contributed by atoms with Gasteiger partial charge in [0.1, 0.15) is 5.54 Å². The third-order valence-corrected chi connectivity index (χ3v) is 4.34. The first kappa shape index (κ1) is 20.7. The molecular formula is C18H22ClN3O5. The largest absolute Gasteiger partial charge is 0.456 e. The molecule has 0 aliphatic carbocycles. The van der Waals surface area contributed by atoms with Gasteiger partial charge in [-0.2, -0.15) is 0 Å². The van der Waals surface area contributed by atoms with E-state index in [1.54, 1.807) is 26.8 Å². The van der Waals surface area contributed by atoms with E-state index >= 15 is 0 Å².